The SMILES string of the molecule is CCCc1nn(C2CCS(=O)(=O)C2)c(Cl)c1S(=O)(=O)Cl. The molecule has 1 aliphatic heterocycles. The maximum absolute atomic E-state index is 11.6. The Morgan fingerprint density at radius 2 is 2.10 bits per heavy atom. The summed E-state index contributed by atoms with van der Waals surface area (Å²) in [6.45, 7) is 1.87. The normalized spacial score (nSPS) is 22.2. The lowest BCUT2D eigenvalue weighted by Crippen LogP contribution is -2.13. The fraction of sp³-hybridized carbons (Fsp3) is 0.700. The Labute approximate surface area is 127 Å². The number of aromatic nitrogens is 2. The minimum Gasteiger partial charge on any atom is -0.248 e. The fourth-order valence-electron chi connectivity index (χ4n) is 2.29. The molecule has 0 spiro atoms. The summed E-state index contributed by atoms with van der Waals surface area (Å²) >= 11 is 6.07. The van der Waals surface area contributed by atoms with E-state index in [-0.39, 0.29) is 27.2 Å². The van der Waals surface area contributed by atoms with Gasteiger partial charge in [-0.05, 0) is 12.8 Å². The lowest BCUT2D eigenvalue weighted by molar-refractivity contribution is 0.495. The van der Waals surface area contributed by atoms with Gasteiger partial charge in [0.25, 0.3) is 9.05 Å². The molecule has 1 aliphatic rings. The first kappa shape index (κ1) is 16.1. The second-order valence-corrected chi connectivity index (χ2v) is 9.85. The zero-order valence-corrected chi connectivity index (χ0v) is 13.9. The van der Waals surface area contributed by atoms with Gasteiger partial charge in [0, 0.05) is 10.7 Å². The van der Waals surface area contributed by atoms with E-state index < -0.39 is 24.9 Å². The van der Waals surface area contributed by atoms with E-state index in [4.69, 9.17) is 22.3 Å². The molecule has 2 heterocycles. The van der Waals surface area contributed by atoms with Gasteiger partial charge in [-0.3, -0.25) is 0 Å². The molecule has 0 bridgehead atoms. The summed E-state index contributed by atoms with van der Waals surface area (Å²) in [4.78, 5) is -0.202. The Bertz CT molecular complexity index is 725. The van der Waals surface area contributed by atoms with Crippen LogP contribution in [0.15, 0.2) is 4.90 Å². The van der Waals surface area contributed by atoms with Gasteiger partial charge >= 0.3 is 0 Å². The number of halogens is 2. The molecule has 6 nitrogen and oxygen atoms in total. The lowest BCUT2D eigenvalue weighted by atomic mass is 10.2. The molecule has 1 aromatic heterocycles. The third-order valence-corrected chi connectivity index (χ3v) is 6.77. The minimum absolute atomic E-state index is 0.0555. The number of hydrogen-bond donors (Lipinski definition) is 0. The Balaban J connectivity index is 2.51. The Hall–Kier alpha value is -0.310. The van der Waals surface area contributed by atoms with Crippen molar-refractivity contribution in [3.8, 4) is 0 Å². The Morgan fingerprint density at radius 3 is 2.55 bits per heavy atom. The van der Waals surface area contributed by atoms with Gasteiger partial charge in [0.05, 0.1) is 23.2 Å². The molecule has 1 aromatic rings. The van der Waals surface area contributed by atoms with Crippen LogP contribution in [0.4, 0.5) is 0 Å². The minimum atomic E-state index is -4.02. The van der Waals surface area contributed by atoms with Crippen LogP contribution < -0.4 is 0 Å². The fourth-order valence-corrected chi connectivity index (χ4v) is 5.90. The Morgan fingerprint density at radius 1 is 1.45 bits per heavy atom. The van der Waals surface area contributed by atoms with Gasteiger partial charge in [-0.1, -0.05) is 24.9 Å². The molecule has 1 unspecified atom stereocenters. The average Bonchev–Trinajstić information content (AvgIpc) is 2.79. The van der Waals surface area contributed by atoms with Crippen LogP contribution in [-0.4, -0.2) is 38.1 Å². The molecule has 1 atom stereocenters. The van der Waals surface area contributed by atoms with E-state index >= 15 is 0 Å². The number of sulfone groups is 1. The van der Waals surface area contributed by atoms with E-state index in [1.54, 1.807) is 0 Å². The van der Waals surface area contributed by atoms with Crippen LogP contribution in [0.5, 0.6) is 0 Å². The van der Waals surface area contributed by atoms with E-state index in [2.05, 4.69) is 5.10 Å². The van der Waals surface area contributed by atoms with E-state index in [0.29, 0.717) is 19.3 Å². The van der Waals surface area contributed by atoms with Crippen molar-refractivity contribution >= 4 is 41.2 Å². The largest absolute Gasteiger partial charge is 0.266 e. The quantitative estimate of drug-likeness (QED) is 0.763. The summed E-state index contributed by atoms with van der Waals surface area (Å²) in [5.74, 6) is -0.0261. The van der Waals surface area contributed by atoms with Gasteiger partial charge < -0.3 is 0 Å². The van der Waals surface area contributed by atoms with Crippen LogP contribution in [0.2, 0.25) is 5.15 Å². The van der Waals surface area contributed by atoms with E-state index in [0.717, 1.165) is 0 Å². The van der Waals surface area contributed by atoms with Crippen molar-refractivity contribution in [2.75, 3.05) is 11.5 Å². The van der Waals surface area contributed by atoms with Crippen LogP contribution in [0.25, 0.3) is 0 Å². The highest BCUT2D eigenvalue weighted by Crippen LogP contribution is 2.34. The highest BCUT2D eigenvalue weighted by atomic mass is 35.7. The zero-order valence-electron chi connectivity index (χ0n) is 10.7. The summed E-state index contributed by atoms with van der Waals surface area (Å²) in [7, 11) is -1.73. The van der Waals surface area contributed by atoms with Gasteiger partial charge in [0.15, 0.2) is 9.84 Å². The molecule has 20 heavy (non-hydrogen) atoms. The van der Waals surface area contributed by atoms with Gasteiger partial charge in [-0.15, -0.1) is 0 Å². The van der Waals surface area contributed by atoms with Crippen molar-refractivity contribution in [2.45, 2.75) is 37.1 Å². The summed E-state index contributed by atoms with van der Waals surface area (Å²) in [6, 6.07) is -0.435. The van der Waals surface area contributed by atoms with Crippen LogP contribution >= 0.6 is 22.3 Å². The van der Waals surface area contributed by atoms with Gasteiger partial charge in [-0.2, -0.15) is 5.10 Å². The lowest BCUT2D eigenvalue weighted by Gasteiger charge is -2.09. The molecule has 0 amide bonds. The van der Waals surface area contributed by atoms with Gasteiger partial charge in [0.2, 0.25) is 0 Å². The molecule has 0 saturated carbocycles. The molecule has 0 aliphatic carbocycles. The molecule has 1 saturated heterocycles. The predicted molar refractivity (Wildman–Crippen MR) is 76.6 cm³/mol. The van der Waals surface area contributed by atoms with Gasteiger partial charge in [-0.25, -0.2) is 21.5 Å². The molecule has 114 valence electrons. The summed E-state index contributed by atoms with van der Waals surface area (Å²) in [6.07, 6.45) is 1.46. The molecule has 0 N–H and O–H groups in total. The van der Waals surface area contributed by atoms with E-state index in [1.165, 1.54) is 4.68 Å². The molecule has 0 radical (unpaired) electrons. The third-order valence-electron chi connectivity index (χ3n) is 3.16. The number of hydrogen-bond acceptors (Lipinski definition) is 5. The maximum atomic E-state index is 11.6. The first-order valence-electron chi connectivity index (χ1n) is 6.07. The van der Waals surface area contributed by atoms with Crippen LogP contribution in [-0.2, 0) is 25.3 Å². The van der Waals surface area contributed by atoms with Crippen molar-refractivity contribution in [3.63, 3.8) is 0 Å². The summed E-state index contributed by atoms with van der Waals surface area (Å²) in [5.41, 5.74) is 0.289. The predicted octanol–water partition coefficient (Wildman–Crippen LogP) is 1.78. The number of aryl methyl sites for hydroxylation is 1. The summed E-state index contributed by atoms with van der Waals surface area (Å²) in [5, 5.41) is 4.06. The smallest absolute Gasteiger partial charge is 0.248 e. The molecular weight excluding hydrogens is 347 g/mol. The topological polar surface area (TPSA) is 86.1 Å². The molecule has 2 rings (SSSR count). The maximum Gasteiger partial charge on any atom is 0.266 e. The van der Waals surface area contributed by atoms with E-state index in [9.17, 15) is 16.8 Å². The van der Waals surface area contributed by atoms with Crippen molar-refractivity contribution in [2.24, 2.45) is 0 Å². The first-order valence-corrected chi connectivity index (χ1v) is 10.6. The molecular formula is C10H14Cl2N2O4S2. The highest BCUT2D eigenvalue weighted by molar-refractivity contribution is 8.13. The monoisotopic (exact) mass is 360 g/mol. The average molecular weight is 361 g/mol. The standard InChI is InChI=1S/C10H14Cl2N2O4S2/c1-2-3-8-9(20(12,17)18)10(11)14(13-8)7-4-5-19(15,16)6-7/h7H,2-6H2,1H3. The molecule has 0 aromatic carbocycles. The Kier molecular flexibility index (Phi) is 4.40. The number of nitrogens with zero attached hydrogens (tertiary/aromatic N) is 2. The molecule has 1 fully saturated rings. The van der Waals surface area contributed by atoms with Gasteiger partial charge in [0.1, 0.15) is 10.0 Å². The summed E-state index contributed by atoms with van der Waals surface area (Å²) < 4.78 is 47.5. The van der Waals surface area contributed by atoms with Crippen LogP contribution in [0, 0.1) is 0 Å². The zero-order chi connectivity index (χ0) is 15.1. The first-order chi connectivity index (χ1) is 9.15. The van der Waals surface area contributed by atoms with Crippen LogP contribution in [0.1, 0.15) is 31.5 Å². The van der Waals surface area contributed by atoms with Crippen molar-refractivity contribution < 1.29 is 16.8 Å². The van der Waals surface area contributed by atoms with Crippen molar-refractivity contribution in [3.05, 3.63) is 10.8 Å². The second-order valence-electron chi connectivity index (χ2n) is 4.76. The molecule has 10 heteroatoms. The van der Waals surface area contributed by atoms with Crippen LogP contribution in [0.3, 0.4) is 0 Å². The third kappa shape index (κ3) is 3.13. The van der Waals surface area contributed by atoms with E-state index in [1.807, 2.05) is 6.92 Å². The van der Waals surface area contributed by atoms with Crippen molar-refractivity contribution in [1.29, 1.82) is 0 Å². The highest BCUT2D eigenvalue weighted by Gasteiger charge is 2.34. The van der Waals surface area contributed by atoms with Crippen molar-refractivity contribution in [1.82, 2.24) is 9.78 Å². The second kappa shape index (κ2) is 5.47. The number of rotatable bonds is 4.